The third-order valence-electron chi connectivity index (χ3n) is 6.40. The summed E-state index contributed by atoms with van der Waals surface area (Å²) in [5.74, 6) is 0. The fraction of sp³-hybridized carbons (Fsp3) is 0.692. The first-order chi connectivity index (χ1) is 13.2. The third kappa shape index (κ3) is 5.91. The van der Waals surface area contributed by atoms with Gasteiger partial charge in [0.15, 0.2) is 0 Å². The van der Waals surface area contributed by atoms with Gasteiger partial charge in [-0.05, 0) is 0 Å². The van der Waals surface area contributed by atoms with Crippen LogP contribution < -0.4 is 0 Å². The van der Waals surface area contributed by atoms with Gasteiger partial charge < -0.3 is 0 Å². The van der Waals surface area contributed by atoms with Crippen LogP contribution in [0.4, 0.5) is 0 Å². The van der Waals surface area contributed by atoms with E-state index in [1.54, 1.807) is 11.1 Å². The zero-order valence-electron chi connectivity index (χ0n) is 18.4. The van der Waals surface area contributed by atoms with Crippen molar-refractivity contribution in [2.24, 2.45) is 0 Å². The molecule has 27 heavy (non-hydrogen) atoms. The average Bonchev–Trinajstić information content (AvgIpc) is 3.26. The number of unbranched alkanes of at least 4 members (excludes halogenated alkanes) is 4. The molecule has 0 aromatic rings. The van der Waals surface area contributed by atoms with Crippen LogP contribution in [0.25, 0.3) is 0 Å². The van der Waals surface area contributed by atoms with E-state index < -0.39 is 23.2 Å². The van der Waals surface area contributed by atoms with Crippen LogP contribution in [0.15, 0.2) is 47.6 Å². The molecule has 0 aromatic carbocycles. The van der Waals surface area contributed by atoms with Gasteiger partial charge in [-0.2, -0.15) is 0 Å². The van der Waals surface area contributed by atoms with Gasteiger partial charge in [0.25, 0.3) is 0 Å². The molecule has 0 aliphatic heterocycles. The van der Waals surface area contributed by atoms with Crippen LogP contribution in [0.2, 0.25) is 6.25 Å². The first-order valence-electron chi connectivity index (χ1n) is 11.7. The molecule has 1 heteroatoms. The molecule has 2 unspecified atom stereocenters. The summed E-state index contributed by atoms with van der Waals surface area (Å²) in [6.07, 6.45) is 31.4. The van der Waals surface area contributed by atoms with E-state index in [0.717, 1.165) is 0 Å². The predicted molar refractivity (Wildman–Crippen MR) is 118 cm³/mol. The van der Waals surface area contributed by atoms with Crippen molar-refractivity contribution in [3.8, 4) is 0 Å². The Kier molecular flexibility index (Phi) is 10.1. The van der Waals surface area contributed by atoms with Gasteiger partial charge in [0, 0.05) is 0 Å². The molecular weight excluding hydrogens is 404 g/mol. The summed E-state index contributed by atoms with van der Waals surface area (Å²) in [5.41, 5.74) is 3.60. The number of hydrogen-bond donors (Lipinski definition) is 0. The summed E-state index contributed by atoms with van der Waals surface area (Å²) < 4.78 is 0.949. The van der Waals surface area contributed by atoms with Crippen LogP contribution in [0.5, 0.6) is 0 Å². The Morgan fingerprint density at radius 3 is 1.41 bits per heavy atom. The second kappa shape index (κ2) is 11.8. The minimum atomic E-state index is -0.722. The zero-order valence-corrected chi connectivity index (χ0v) is 20.9. The monoisotopic (exact) mass is 444 g/mol. The molecule has 0 amide bonds. The number of rotatable bonds is 14. The Morgan fingerprint density at radius 2 is 1.04 bits per heavy atom. The first kappa shape index (κ1) is 23.1. The first-order valence-corrected chi connectivity index (χ1v) is 14.2. The standard InChI is InChI=1S/2C13H21.Zr/c2*1-3-5-8-12-10-7-11-13(12)9-6-4-2;/h2*7,10-11H,3-6,8-9H2,1-2H3;. The van der Waals surface area contributed by atoms with E-state index in [-0.39, 0.29) is 0 Å². The van der Waals surface area contributed by atoms with E-state index in [4.69, 9.17) is 0 Å². The van der Waals surface area contributed by atoms with Crippen LogP contribution >= 0.6 is 0 Å². The van der Waals surface area contributed by atoms with Crippen molar-refractivity contribution in [1.29, 1.82) is 0 Å². The molecular formula is C26H42Zr. The van der Waals surface area contributed by atoms with Crippen LogP contribution in [0.1, 0.15) is 105 Å². The third-order valence-corrected chi connectivity index (χ3v) is 12.2. The quantitative estimate of drug-likeness (QED) is 0.250. The molecule has 150 valence electrons. The SMILES string of the molecule is CCCCC1=CC=C[C]1(CCCC)[Zr][C]1(CCCC)C=CC=C1CCCC. The van der Waals surface area contributed by atoms with E-state index in [1.165, 1.54) is 77.0 Å². The molecule has 0 saturated heterocycles. The molecule has 0 bridgehead atoms. The Morgan fingerprint density at radius 1 is 0.630 bits per heavy atom. The summed E-state index contributed by atoms with van der Waals surface area (Å²) in [7, 11) is 0. The summed E-state index contributed by atoms with van der Waals surface area (Å²) in [6.45, 7) is 9.40. The molecule has 2 rings (SSSR count). The van der Waals surface area contributed by atoms with E-state index in [9.17, 15) is 0 Å². The van der Waals surface area contributed by atoms with Gasteiger partial charge in [-0.15, -0.1) is 0 Å². The minimum absolute atomic E-state index is 0.474. The van der Waals surface area contributed by atoms with Crippen molar-refractivity contribution in [2.45, 2.75) is 111 Å². The van der Waals surface area contributed by atoms with E-state index >= 15 is 0 Å². The predicted octanol–water partition coefficient (Wildman–Crippen LogP) is 9.14. The van der Waals surface area contributed by atoms with Gasteiger partial charge in [0.2, 0.25) is 0 Å². The van der Waals surface area contributed by atoms with Crippen LogP contribution in [0, 0.1) is 0 Å². The molecule has 0 nitrogen and oxygen atoms in total. The van der Waals surface area contributed by atoms with E-state index in [0.29, 0.717) is 6.25 Å². The topological polar surface area (TPSA) is 0 Å². The molecule has 0 fully saturated rings. The number of hydrogen-bond acceptors (Lipinski definition) is 0. The summed E-state index contributed by atoms with van der Waals surface area (Å²) in [4.78, 5) is 0. The van der Waals surface area contributed by atoms with Gasteiger partial charge in [-0.25, -0.2) is 0 Å². The van der Waals surface area contributed by atoms with Gasteiger partial charge in [0.05, 0.1) is 0 Å². The number of allylic oxidation sites excluding steroid dienone is 8. The zero-order chi connectivity index (χ0) is 19.6. The fourth-order valence-corrected chi connectivity index (χ4v) is 10.8. The average molecular weight is 446 g/mol. The fourth-order valence-electron chi connectivity index (χ4n) is 4.68. The van der Waals surface area contributed by atoms with E-state index in [2.05, 4.69) is 64.2 Å². The molecule has 2 atom stereocenters. The maximum absolute atomic E-state index is 2.66. The second-order valence-electron chi connectivity index (χ2n) is 8.58. The van der Waals surface area contributed by atoms with Gasteiger partial charge in [0.1, 0.15) is 0 Å². The van der Waals surface area contributed by atoms with Gasteiger partial charge in [-0.1, -0.05) is 0 Å². The molecule has 0 aromatic heterocycles. The molecule has 0 radical (unpaired) electrons. The Hall–Kier alpha value is -0.157. The summed E-state index contributed by atoms with van der Waals surface area (Å²) in [6, 6.07) is 0. The van der Waals surface area contributed by atoms with Crippen LogP contribution in [0.3, 0.4) is 0 Å². The van der Waals surface area contributed by atoms with Crippen molar-refractivity contribution in [1.82, 2.24) is 0 Å². The van der Waals surface area contributed by atoms with Crippen molar-refractivity contribution in [2.75, 3.05) is 0 Å². The molecule has 0 N–H and O–H groups in total. The Labute approximate surface area is 181 Å². The Balaban J connectivity index is 2.30. The molecule has 2 aliphatic rings. The second-order valence-corrected chi connectivity index (χ2v) is 13.6. The Bertz CT molecular complexity index is 515. The molecule has 0 heterocycles. The van der Waals surface area contributed by atoms with Gasteiger partial charge in [-0.3, -0.25) is 0 Å². The van der Waals surface area contributed by atoms with Crippen LogP contribution in [-0.4, -0.2) is 0 Å². The molecule has 0 saturated carbocycles. The van der Waals surface area contributed by atoms with Crippen molar-refractivity contribution >= 4 is 0 Å². The van der Waals surface area contributed by atoms with Crippen molar-refractivity contribution < 1.29 is 23.2 Å². The van der Waals surface area contributed by atoms with Gasteiger partial charge >= 0.3 is 182 Å². The maximum atomic E-state index is 2.66. The summed E-state index contributed by atoms with van der Waals surface area (Å²) >= 11 is -0.722. The van der Waals surface area contributed by atoms with Crippen LogP contribution in [-0.2, 0) is 23.2 Å². The molecule has 0 spiro atoms. The normalized spacial score (nSPS) is 26.5. The van der Waals surface area contributed by atoms with Crippen molar-refractivity contribution in [3.05, 3.63) is 47.6 Å². The van der Waals surface area contributed by atoms with Crippen molar-refractivity contribution in [3.63, 3.8) is 0 Å². The van der Waals surface area contributed by atoms with E-state index in [1.807, 2.05) is 0 Å². The summed E-state index contributed by atoms with van der Waals surface area (Å²) in [5, 5.41) is 0. The molecule has 2 aliphatic carbocycles.